The van der Waals surface area contributed by atoms with Gasteiger partial charge in [0.2, 0.25) is 0 Å². The van der Waals surface area contributed by atoms with E-state index in [4.69, 9.17) is 10.8 Å². The molecule has 1 aromatic rings. The fourth-order valence-electron chi connectivity index (χ4n) is 2.06. The highest BCUT2D eigenvalue weighted by molar-refractivity contribution is 5.97. The van der Waals surface area contributed by atoms with Gasteiger partial charge in [0.15, 0.2) is 0 Å². The zero-order valence-corrected chi connectivity index (χ0v) is 11.9. The smallest absolute Gasteiger partial charge is 0.337 e. The molecular weight excluding hydrogens is 240 g/mol. The molecule has 1 atom stereocenters. The molecule has 0 radical (unpaired) electrons. The van der Waals surface area contributed by atoms with E-state index in [1.165, 1.54) is 6.42 Å². The normalized spacial score (nSPS) is 12.4. The Morgan fingerprint density at radius 2 is 2.00 bits per heavy atom. The zero-order chi connectivity index (χ0) is 14.4. The van der Waals surface area contributed by atoms with Crippen LogP contribution in [0.25, 0.3) is 0 Å². The minimum Gasteiger partial charge on any atom is -0.478 e. The van der Waals surface area contributed by atoms with Gasteiger partial charge in [0, 0.05) is 6.04 Å². The first-order chi connectivity index (χ1) is 8.91. The molecule has 0 aliphatic rings. The number of benzene rings is 1. The fraction of sp³-hybridized carbons (Fsp3) is 0.533. The van der Waals surface area contributed by atoms with Gasteiger partial charge >= 0.3 is 5.97 Å². The maximum absolute atomic E-state index is 11.2. The van der Waals surface area contributed by atoms with Gasteiger partial charge in [0.25, 0.3) is 0 Å². The molecular formula is C15H24N2O2. The largest absolute Gasteiger partial charge is 0.478 e. The number of hydrogen-bond donors (Lipinski definition) is 3. The molecule has 0 aliphatic carbocycles. The van der Waals surface area contributed by atoms with Crippen LogP contribution in [0, 0.1) is 5.92 Å². The van der Waals surface area contributed by atoms with Crippen LogP contribution < -0.4 is 11.1 Å². The molecule has 19 heavy (non-hydrogen) atoms. The average Bonchev–Trinajstić information content (AvgIpc) is 2.30. The van der Waals surface area contributed by atoms with E-state index in [2.05, 4.69) is 26.1 Å². The summed E-state index contributed by atoms with van der Waals surface area (Å²) in [7, 11) is 0. The molecule has 0 fully saturated rings. The second-order valence-corrected chi connectivity index (χ2v) is 5.45. The SMILES string of the molecule is CC(C)CCCC(C)Nc1c(N)cccc1C(=O)O. The first-order valence-electron chi connectivity index (χ1n) is 6.80. The van der Waals surface area contributed by atoms with Crippen molar-refractivity contribution in [2.45, 2.75) is 46.1 Å². The molecule has 0 heterocycles. The van der Waals surface area contributed by atoms with E-state index in [9.17, 15) is 4.79 Å². The maximum Gasteiger partial charge on any atom is 0.337 e. The predicted octanol–water partition coefficient (Wildman–Crippen LogP) is 3.59. The predicted molar refractivity (Wildman–Crippen MR) is 79.6 cm³/mol. The number of rotatable bonds is 7. The summed E-state index contributed by atoms with van der Waals surface area (Å²) in [5.74, 6) is -0.257. The van der Waals surface area contributed by atoms with E-state index in [1.807, 2.05) is 0 Å². The van der Waals surface area contributed by atoms with Crippen LogP contribution in [0.3, 0.4) is 0 Å². The molecule has 4 heteroatoms. The molecule has 0 bridgehead atoms. The van der Waals surface area contributed by atoms with Crippen molar-refractivity contribution < 1.29 is 9.90 Å². The lowest BCUT2D eigenvalue weighted by Crippen LogP contribution is -2.18. The summed E-state index contributed by atoms with van der Waals surface area (Å²) in [4.78, 5) is 11.2. The quantitative estimate of drug-likeness (QED) is 0.658. The van der Waals surface area contributed by atoms with Crippen LogP contribution in [0.15, 0.2) is 18.2 Å². The number of anilines is 2. The Bertz CT molecular complexity index is 430. The van der Waals surface area contributed by atoms with Crippen molar-refractivity contribution in [1.82, 2.24) is 0 Å². The summed E-state index contributed by atoms with van der Waals surface area (Å²) in [6.45, 7) is 6.46. The van der Waals surface area contributed by atoms with Gasteiger partial charge in [-0.1, -0.05) is 32.8 Å². The van der Waals surface area contributed by atoms with Crippen LogP contribution in [0.5, 0.6) is 0 Å². The van der Waals surface area contributed by atoms with E-state index in [-0.39, 0.29) is 11.6 Å². The number of para-hydroxylation sites is 1. The Morgan fingerprint density at radius 3 is 2.58 bits per heavy atom. The van der Waals surface area contributed by atoms with Crippen molar-refractivity contribution >= 4 is 17.3 Å². The topological polar surface area (TPSA) is 75.3 Å². The lowest BCUT2D eigenvalue weighted by molar-refractivity contribution is 0.0698. The number of nitrogen functional groups attached to an aromatic ring is 1. The van der Waals surface area contributed by atoms with Gasteiger partial charge in [-0.05, 0) is 31.4 Å². The standard InChI is InChI=1S/C15H24N2O2/c1-10(2)6-4-7-11(3)17-14-12(15(18)19)8-5-9-13(14)16/h5,8-11,17H,4,6-7,16H2,1-3H3,(H,18,19). The molecule has 1 aromatic carbocycles. The molecule has 106 valence electrons. The summed E-state index contributed by atoms with van der Waals surface area (Å²) in [5, 5.41) is 12.4. The third kappa shape index (κ3) is 4.81. The Labute approximate surface area is 115 Å². The number of carbonyl (C=O) groups is 1. The van der Waals surface area contributed by atoms with Crippen molar-refractivity contribution in [3.05, 3.63) is 23.8 Å². The molecule has 0 spiro atoms. The molecule has 4 nitrogen and oxygen atoms in total. The van der Waals surface area contributed by atoms with Gasteiger partial charge in [-0.2, -0.15) is 0 Å². The van der Waals surface area contributed by atoms with E-state index in [0.29, 0.717) is 17.3 Å². The third-order valence-corrected chi connectivity index (χ3v) is 3.14. The lowest BCUT2D eigenvalue weighted by Gasteiger charge is -2.19. The molecule has 4 N–H and O–H groups in total. The number of nitrogens with two attached hydrogens (primary N) is 1. The maximum atomic E-state index is 11.2. The highest BCUT2D eigenvalue weighted by Gasteiger charge is 2.14. The molecule has 1 unspecified atom stereocenters. The molecule has 0 saturated carbocycles. The second-order valence-electron chi connectivity index (χ2n) is 5.45. The van der Waals surface area contributed by atoms with Gasteiger partial charge in [-0.15, -0.1) is 0 Å². The van der Waals surface area contributed by atoms with Gasteiger partial charge < -0.3 is 16.2 Å². The number of carboxylic acids is 1. The van der Waals surface area contributed by atoms with Gasteiger partial charge in [-0.25, -0.2) is 4.79 Å². The molecule has 1 rings (SSSR count). The monoisotopic (exact) mass is 264 g/mol. The van der Waals surface area contributed by atoms with Crippen molar-refractivity contribution in [2.24, 2.45) is 5.92 Å². The Balaban J connectivity index is 2.68. The van der Waals surface area contributed by atoms with Gasteiger partial charge in [0.1, 0.15) is 0 Å². The van der Waals surface area contributed by atoms with Gasteiger partial charge in [0.05, 0.1) is 16.9 Å². The minimum absolute atomic E-state index is 0.210. The van der Waals surface area contributed by atoms with E-state index in [1.54, 1.807) is 18.2 Å². The van der Waals surface area contributed by atoms with Crippen LogP contribution in [0.2, 0.25) is 0 Å². The van der Waals surface area contributed by atoms with Crippen molar-refractivity contribution in [3.63, 3.8) is 0 Å². The third-order valence-electron chi connectivity index (χ3n) is 3.14. The molecule has 0 saturated heterocycles. The van der Waals surface area contributed by atoms with Crippen LogP contribution in [-0.2, 0) is 0 Å². The Morgan fingerprint density at radius 1 is 1.32 bits per heavy atom. The highest BCUT2D eigenvalue weighted by atomic mass is 16.4. The van der Waals surface area contributed by atoms with E-state index >= 15 is 0 Å². The zero-order valence-electron chi connectivity index (χ0n) is 11.9. The summed E-state index contributed by atoms with van der Waals surface area (Å²) < 4.78 is 0. The Kier molecular flexibility index (Phi) is 5.67. The highest BCUT2D eigenvalue weighted by Crippen LogP contribution is 2.25. The molecule has 0 aliphatic heterocycles. The molecule has 0 aromatic heterocycles. The van der Waals surface area contributed by atoms with Crippen LogP contribution in [-0.4, -0.2) is 17.1 Å². The summed E-state index contributed by atoms with van der Waals surface area (Å²) in [5.41, 5.74) is 7.11. The van der Waals surface area contributed by atoms with E-state index in [0.717, 1.165) is 12.8 Å². The summed E-state index contributed by atoms with van der Waals surface area (Å²) in [6.07, 6.45) is 3.31. The van der Waals surface area contributed by atoms with Crippen LogP contribution in [0.1, 0.15) is 50.4 Å². The summed E-state index contributed by atoms with van der Waals surface area (Å²) in [6, 6.07) is 5.16. The number of carboxylic acid groups (broad SMARTS) is 1. The fourth-order valence-corrected chi connectivity index (χ4v) is 2.06. The first kappa shape index (κ1) is 15.3. The minimum atomic E-state index is -0.954. The van der Waals surface area contributed by atoms with Crippen LogP contribution in [0.4, 0.5) is 11.4 Å². The van der Waals surface area contributed by atoms with Crippen molar-refractivity contribution in [1.29, 1.82) is 0 Å². The first-order valence-corrected chi connectivity index (χ1v) is 6.80. The number of hydrogen-bond acceptors (Lipinski definition) is 3. The van der Waals surface area contributed by atoms with Gasteiger partial charge in [-0.3, -0.25) is 0 Å². The average molecular weight is 264 g/mol. The summed E-state index contributed by atoms with van der Waals surface area (Å²) >= 11 is 0. The van der Waals surface area contributed by atoms with Crippen molar-refractivity contribution in [2.75, 3.05) is 11.1 Å². The number of aromatic carboxylic acids is 1. The lowest BCUT2D eigenvalue weighted by atomic mass is 10.0. The second kappa shape index (κ2) is 7.02. The van der Waals surface area contributed by atoms with Crippen molar-refractivity contribution in [3.8, 4) is 0 Å². The van der Waals surface area contributed by atoms with E-state index < -0.39 is 5.97 Å². The number of nitrogens with one attached hydrogen (secondary N) is 1. The molecule has 0 amide bonds. The van der Waals surface area contributed by atoms with Crippen LogP contribution >= 0.6 is 0 Å². The Hall–Kier alpha value is -1.71.